The molecule has 198 valence electrons. The van der Waals surface area contributed by atoms with Gasteiger partial charge < -0.3 is 24.6 Å². The second-order valence-corrected chi connectivity index (χ2v) is 9.52. The van der Waals surface area contributed by atoms with Crippen LogP contribution in [-0.2, 0) is 0 Å². The zero-order valence-corrected chi connectivity index (χ0v) is 21.7. The average Bonchev–Trinajstić information content (AvgIpc) is 3.25. The summed E-state index contributed by atoms with van der Waals surface area (Å²) in [6, 6.07) is 14.5. The van der Waals surface area contributed by atoms with E-state index in [9.17, 15) is 9.90 Å². The number of nitrogens with one attached hydrogen (secondary N) is 1. The molecule has 2 aliphatic rings. The molecule has 0 unspecified atom stereocenters. The Kier molecular flexibility index (Phi) is 6.66. The van der Waals surface area contributed by atoms with Crippen molar-refractivity contribution in [3.63, 3.8) is 0 Å². The molecule has 1 amide bonds. The molecule has 1 fully saturated rings. The molecule has 4 heterocycles. The highest BCUT2D eigenvalue weighted by atomic mass is 16.5. The largest absolute Gasteiger partial charge is 0.507 e. The van der Waals surface area contributed by atoms with Crippen LogP contribution in [0.1, 0.15) is 23.2 Å². The van der Waals surface area contributed by atoms with E-state index in [1.54, 1.807) is 19.4 Å². The van der Waals surface area contributed by atoms with Crippen LogP contribution < -0.4 is 4.74 Å². The minimum Gasteiger partial charge on any atom is -0.507 e. The van der Waals surface area contributed by atoms with E-state index in [0.29, 0.717) is 48.0 Å². The number of fused-ring (bicyclic) bond motifs is 1. The van der Waals surface area contributed by atoms with Crippen molar-refractivity contribution in [3.8, 4) is 34.1 Å². The lowest BCUT2D eigenvalue weighted by atomic mass is 10.0. The quantitative estimate of drug-likeness (QED) is 0.418. The maximum atomic E-state index is 13.4. The molecule has 0 spiro atoms. The van der Waals surface area contributed by atoms with Gasteiger partial charge in [0.25, 0.3) is 5.91 Å². The number of carbonyl (C=O) groups is 1. The fourth-order valence-electron chi connectivity index (χ4n) is 5.03. The number of amides is 1. The molecule has 2 aromatic heterocycles. The number of nitrogens with zero attached hydrogens (tertiary/aromatic N) is 6. The molecule has 0 atom stereocenters. The number of aliphatic imine (C=N–C) groups is 2. The number of H-pyrrole nitrogens is 1. The summed E-state index contributed by atoms with van der Waals surface area (Å²) in [7, 11) is 1.58. The monoisotopic (exact) mass is 523 g/mol. The van der Waals surface area contributed by atoms with Crippen molar-refractivity contribution in [1.82, 2.24) is 24.8 Å². The van der Waals surface area contributed by atoms with Gasteiger partial charge in [-0.15, -0.1) is 0 Å². The van der Waals surface area contributed by atoms with Gasteiger partial charge >= 0.3 is 0 Å². The molecule has 39 heavy (non-hydrogen) atoms. The Labute approximate surface area is 225 Å². The number of phenols is 1. The maximum absolute atomic E-state index is 13.4. The van der Waals surface area contributed by atoms with E-state index in [1.165, 1.54) is 0 Å². The first-order valence-electron chi connectivity index (χ1n) is 13.0. The Balaban J connectivity index is 1.24. The van der Waals surface area contributed by atoms with Crippen LogP contribution in [0.25, 0.3) is 33.5 Å². The minimum absolute atomic E-state index is 0.0162. The van der Waals surface area contributed by atoms with Gasteiger partial charge in [0.2, 0.25) is 11.8 Å². The summed E-state index contributed by atoms with van der Waals surface area (Å²) >= 11 is 0. The van der Waals surface area contributed by atoms with E-state index in [-0.39, 0.29) is 11.7 Å². The van der Waals surface area contributed by atoms with E-state index in [1.807, 2.05) is 53.6 Å². The van der Waals surface area contributed by atoms with Crippen molar-refractivity contribution in [3.05, 3.63) is 60.3 Å². The van der Waals surface area contributed by atoms with Crippen molar-refractivity contribution in [2.45, 2.75) is 12.8 Å². The van der Waals surface area contributed by atoms with Crippen LogP contribution in [0.3, 0.4) is 0 Å². The molecule has 0 bridgehead atoms. The zero-order valence-electron chi connectivity index (χ0n) is 21.7. The first-order valence-corrected chi connectivity index (χ1v) is 13.0. The first-order chi connectivity index (χ1) is 19.1. The Hall–Kier alpha value is -4.73. The predicted octanol–water partition coefficient (Wildman–Crippen LogP) is 3.98. The Morgan fingerprint density at radius 2 is 1.97 bits per heavy atom. The summed E-state index contributed by atoms with van der Waals surface area (Å²) in [6.07, 6.45) is 5.32. The third-order valence-electron chi connectivity index (χ3n) is 7.04. The van der Waals surface area contributed by atoms with Gasteiger partial charge in [-0.1, -0.05) is 6.07 Å². The number of ether oxygens (including phenoxy) is 1. The second kappa shape index (κ2) is 10.6. The van der Waals surface area contributed by atoms with Crippen molar-refractivity contribution in [2.24, 2.45) is 9.98 Å². The van der Waals surface area contributed by atoms with Crippen LogP contribution in [0, 0.1) is 0 Å². The number of rotatable bonds is 4. The van der Waals surface area contributed by atoms with Gasteiger partial charge in [-0.25, -0.2) is 15.0 Å². The number of guanidine groups is 1. The topological polar surface area (TPSA) is 119 Å². The number of phenolic OH excluding ortho intramolecular Hbond substituents is 1. The summed E-state index contributed by atoms with van der Waals surface area (Å²) in [5, 5.41) is 10.7. The van der Waals surface area contributed by atoms with Crippen molar-refractivity contribution >= 4 is 29.1 Å². The lowest BCUT2D eigenvalue weighted by Crippen LogP contribution is -2.37. The second-order valence-electron chi connectivity index (χ2n) is 9.52. The van der Waals surface area contributed by atoms with E-state index in [0.717, 1.165) is 48.5 Å². The lowest BCUT2D eigenvalue weighted by molar-refractivity contribution is 0.0764. The standard InChI is InChI=1S/C29H29N7O3/c1-39-27-21(5-2-10-30-27)19-7-9-25(37)22(17-19)26-33-23-8-6-20(18-24(23)34-26)28(38)35-13-4-14-36(16-15-35)29-31-11-3-12-32-29/h2,5-11,17-18,37H,3-4,12-16H2,1H3,(H,33,34). The van der Waals surface area contributed by atoms with Crippen molar-refractivity contribution < 1.29 is 14.6 Å². The van der Waals surface area contributed by atoms with E-state index >= 15 is 0 Å². The van der Waals surface area contributed by atoms with Gasteiger partial charge in [-0.3, -0.25) is 9.79 Å². The van der Waals surface area contributed by atoms with E-state index in [4.69, 9.17) is 9.72 Å². The molecule has 1 saturated heterocycles. The number of aromatic amines is 1. The number of aromatic hydroxyl groups is 1. The van der Waals surface area contributed by atoms with Crippen molar-refractivity contribution in [1.29, 1.82) is 0 Å². The number of carbonyl (C=O) groups excluding carboxylic acids is 1. The average molecular weight is 524 g/mol. The third kappa shape index (κ3) is 4.93. The lowest BCUT2D eigenvalue weighted by Gasteiger charge is -2.23. The summed E-state index contributed by atoms with van der Waals surface area (Å²) < 4.78 is 5.41. The highest BCUT2D eigenvalue weighted by molar-refractivity contribution is 5.98. The van der Waals surface area contributed by atoms with Crippen molar-refractivity contribution in [2.75, 3.05) is 39.8 Å². The Morgan fingerprint density at radius 3 is 2.82 bits per heavy atom. The summed E-state index contributed by atoms with van der Waals surface area (Å²) in [5.41, 5.74) is 4.22. The number of pyridine rings is 1. The summed E-state index contributed by atoms with van der Waals surface area (Å²) in [4.78, 5) is 38.7. The number of benzene rings is 2. The molecule has 10 heteroatoms. The maximum Gasteiger partial charge on any atom is 0.253 e. The van der Waals surface area contributed by atoms with Gasteiger partial charge in [-0.05, 0) is 54.4 Å². The van der Waals surface area contributed by atoms with Crippen LogP contribution in [-0.4, -0.2) is 87.8 Å². The van der Waals surface area contributed by atoms with Gasteiger partial charge in [0.15, 0.2) is 0 Å². The fraction of sp³-hybridized carbons (Fsp3) is 0.276. The highest BCUT2D eigenvalue weighted by Crippen LogP contribution is 2.35. The number of hydrogen-bond acceptors (Lipinski definition) is 8. The smallest absolute Gasteiger partial charge is 0.253 e. The molecule has 0 saturated carbocycles. The molecule has 0 aliphatic carbocycles. The van der Waals surface area contributed by atoms with Gasteiger partial charge in [-0.2, -0.15) is 0 Å². The number of methoxy groups -OCH3 is 1. The van der Waals surface area contributed by atoms with Gasteiger partial charge in [0.05, 0.1) is 23.7 Å². The van der Waals surface area contributed by atoms with Crippen LogP contribution in [0.5, 0.6) is 11.6 Å². The minimum atomic E-state index is -0.0162. The van der Waals surface area contributed by atoms with E-state index in [2.05, 4.69) is 24.9 Å². The summed E-state index contributed by atoms with van der Waals surface area (Å²) in [5.74, 6) is 1.86. The molecule has 2 aromatic carbocycles. The first kappa shape index (κ1) is 24.6. The van der Waals surface area contributed by atoms with Crippen LogP contribution in [0.2, 0.25) is 0 Å². The third-order valence-corrected chi connectivity index (χ3v) is 7.04. The molecular weight excluding hydrogens is 494 g/mol. The zero-order chi connectivity index (χ0) is 26.8. The SMILES string of the molecule is COc1ncccc1-c1ccc(O)c(-c2nc3ccc(C(=O)N4CCCN(C5=NCCC=N5)CC4)cc3[nH]2)c1. The molecule has 4 aromatic rings. The van der Waals surface area contributed by atoms with Crippen LogP contribution in [0.15, 0.2) is 64.7 Å². The normalized spacial score (nSPS) is 15.8. The molecule has 10 nitrogen and oxygen atoms in total. The summed E-state index contributed by atoms with van der Waals surface area (Å²) in [6.45, 7) is 3.59. The molecule has 2 N–H and O–H groups in total. The Bertz CT molecular complexity index is 1590. The number of hydrogen-bond donors (Lipinski definition) is 2. The van der Waals surface area contributed by atoms with Crippen LogP contribution >= 0.6 is 0 Å². The van der Waals surface area contributed by atoms with Crippen LogP contribution in [0.4, 0.5) is 0 Å². The van der Waals surface area contributed by atoms with Gasteiger partial charge in [0, 0.05) is 62.7 Å². The number of aromatic nitrogens is 3. The number of imidazole rings is 1. The molecule has 6 rings (SSSR count). The predicted molar refractivity (Wildman–Crippen MR) is 150 cm³/mol. The molecular formula is C29H29N7O3. The van der Waals surface area contributed by atoms with E-state index < -0.39 is 0 Å². The van der Waals surface area contributed by atoms with Gasteiger partial charge in [0.1, 0.15) is 11.6 Å². The Morgan fingerprint density at radius 1 is 1.05 bits per heavy atom. The fourth-order valence-corrected chi connectivity index (χ4v) is 5.03. The molecule has 0 radical (unpaired) electrons. The highest BCUT2D eigenvalue weighted by Gasteiger charge is 2.23. The molecule has 2 aliphatic heterocycles.